The van der Waals surface area contributed by atoms with Crippen molar-refractivity contribution in [2.45, 2.75) is 6.54 Å². The molecule has 1 aromatic carbocycles. The van der Waals surface area contributed by atoms with Gasteiger partial charge >= 0.3 is 0 Å². The second kappa shape index (κ2) is 3.76. The molecule has 0 aliphatic rings. The van der Waals surface area contributed by atoms with Gasteiger partial charge in [0.15, 0.2) is 0 Å². The lowest BCUT2D eigenvalue weighted by atomic mass is 10.2. The molecule has 0 radical (unpaired) electrons. The molecule has 0 unspecified atom stereocenters. The molecule has 2 aromatic rings. The zero-order valence-corrected chi connectivity index (χ0v) is 9.03. The third kappa shape index (κ3) is 1.46. The van der Waals surface area contributed by atoms with Crippen LogP contribution in [0.3, 0.4) is 0 Å². The molecule has 16 heavy (non-hydrogen) atoms. The minimum absolute atomic E-state index is 0.0988. The van der Waals surface area contributed by atoms with E-state index in [2.05, 4.69) is 25.5 Å². The Kier molecular flexibility index (Phi) is 2.43. The van der Waals surface area contributed by atoms with Gasteiger partial charge in [-0.2, -0.15) is 0 Å². The second-order valence-corrected chi connectivity index (χ2v) is 3.67. The third-order valence-electron chi connectivity index (χ3n) is 2.60. The monoisotopic (exact) mass is 211 g/mol. The Balaban J connectivity index is 2.94. The number of nitrogens with zero attached hydrogens (tertiary/aromatic N) is 1. The zero-order valence-electron chi connectivity index (χ0n) is 9.03. The van der Waals surface area contributed by atoms with E-state index in [1.54, 1.807) is 0 Å². The van der Waals surface area contributed by atoms with Gasteiger partial charge in [-0.25, -0.2) is 0 Å². The maximum Gasteiger partial charge on any atom is 0.105 e. The molecule has 0 spiro atoms. The molecule has 2 heteroatoms. The molecule has 1 aromatic heterocycles. The summed E-state index contributed by atoms with van der Waals surface area (Å²) in [7, 11) is 0. The lowest BCUT2D eigenvalue weighted by Gasteiger charge is -2.01. The van der Waals surface area contributed by atoms with Crippen LogP contribution in [0.1, 0.15) is 0 Å². The summed E-state index contributed by atoms with van der Waals surface area (Å²) >= 11 is 0. The van der Waals surface area contributed by atoms with Crippen molar-refractivity contribution in [2.24, 2.45) is 0 Å². The van der Waals surface area contributed by atoms with Crippen molar-refractivity contribution < 1.29 is 5.11 Å². The molecule has 0 aliphatic carbocycles. The summed E-state index contributed by atoms with van der Waals surface area (Å²) in [4.78, 5) is 0. The van der Waals surface area contributed by atoms with Crippen LogP contribution in [0.2, 0.25) is 0 Å². The molecule has 0 amide bonds. The van der Waals surface area contributed by atoms with E-state index in [0.29, 0.717) is 6.54 Å². The predicted octanol–water partition coefficient (Wildman–Crippen LogP) is 1.69. The number of fused-ring (bicyclic) bond motifs is 1. The summed E-state index contributed by atoms with van der Waals surface area (Å²) in [5, 5.41) is 13.1. The average molecular weight is 211 g/mol. The highest BCUT2D eigenvalue weighted by atomic mass is 16.3. The Labute approximate surface area is 93.8 Å². The first-order valence-electron chi connectivity index (χ1n) is 4.98. The number of rotatable bonds is 2. The van der Waals surface area contributed by atoms with Crippen molar-refractivity contribution in [3.05, 3.63) is 53.9 Å². The number of aromatic nitrogens is 1. The van der Waals surface area contributed by atoms with Gasteiger partial charge in [-0.3, -0.25) is 0 Å². The van der Waals surface area contributed by atoms with E-state index in [4.69, 9.17) is 0 Å². The summed E-state index contributed by atoms with van der Waals surface area (Å²) in [6.45, 7) is 11.5. The Hall–Kier alpha value is -2.18. The van der Waals surface area contributed by atoms with Crippen LogP contribution in [0, 0.1) is 0 Å². The quantitative estimate of drug-likeness (QED) is 0.751. The number of allylic oxidation sites excluding steroid dienone is 1. The van der Waals surface area contributed by atoms with Crippen molar-refractivity contribution in [1.82, 2.24) is 4.57 Å². The van der Waals surface area contributed by atoms with Crippen molar-refractivity contribution in [3.8, 4) is 0 Å². The Bertz CT molecular complexity index is 687. The Morgan fingerprint density at radius 1 is 1.31 bits per heavy atom. The van der Waals surface area contributed by atoms with E-state index < -0.39 is 0 Å². The van der Waals surface area contributed by atoms with Crippen molar-refractivity contribution >= 4 is 23.1 Å². The van der Waals surface area contributed by atoms with E-state index in [1.807, 2.05) is 28.8 Å². The van der Waals surface area contributed by atoms with Crippen LogP contribution in [0.25, 0.3) is 23.1 Å². The molecule has 0 saturated heterocycles. The minimum atomic E-state index is 0.0988. The van der Waals surface area contributed by atoms with Crippen molar-refractivity contribution in [3.63, 3.8) is 0 Å². The van der Waals surface area contributed by atoms with Crippen LogP contribution in [0.15, 0.2) is 43.2 Å². The minimum Gasteiger partial charge on any atom is -0.511 e. The van der Waals surface area contributed by atoms with E-state index >= 15 is 0 Å². The normalized spacial score (nSPS) is 10.2. The number of hydrogen-bond acceptors (Lipinski definition) is 1. The summed E-state index contributed by atoms with van der Waals surface area (Å²) in [5.41, 5.74) is 2.89. The van der Waals surface area contributed by atoms with Crippen LogP contribution in [0.5, 0.6) is 0 Å². The first-order chi connectivity index (χ1) is 7.65. The summed E-state index contributed by atoms with van der Waals surface area (Å²) in [6.07, 6.45) is 0. The van der Waals surface area contributed by atoms with E-state index in [-0.39, 0.29) is 5.76 Å². The number of benzene rings is 1. The molecule has 1 heterocycles. The number of aliphatic hydroxyl groups excluding tert-OH is 1. The lowest BCUT2D eigenvalue weighted by molar-refractivity contribution is 0.376. The zero-order chi connectivity index (χ0) is 11.7. The van der Waals surface area contributed by atoms with Gasteiger partial charge in [0.2, 0.25) is 0 Å². The Morgan fingerprint density at radius 2 is 1.94 bits per heavy atom. The molecule has 2 rings (SSSR count). The summed E-state index contributed by atoms with van der Waals surface area (Å²) in [6, 6.07) is 7.91. The van der Waals surface area contributed by atoms with Crippen LogP contribution < -0.4 is 10.7 Å². The largest absolute Gasteiger partial charge is 0.511 e. The number of hydrogen-bond donors (Lipinski definition) is 1. The Morgan fingerprint density at radius 3 is 2.50 bits per heavy atom. The lowest BCUT2D eigenvalue weighted by Crippen LogP contribution is -2.26. The highest BCUT2D eigenvalue weighted by Crippen LogP contribution is 2.05. The van der Waals surface area contributed by atoms with Gasteiger partial charge in [-0.1, -0.05) is 44.0 Å². The number of aliphatic hydroxyl groups is 1. The standard InChI is InChI=1S/C14H13NO/c1-4-14-13-8-6-5-7-12(13)11(3)15(14)9-10(2)16/h5-8,16H,1-3,9H2. The van der Waals surface area contributed by atoms with Gasteiger partial charge in [-0.05, 0) is 0 Å². The molecule has 0 saturated carbocycles. The second-order valence-electron chi connectivity index (χ2n) is 3.67. The van der Waals surface area contributed by atoms with Gasteiger partial charge in [-0.15, -0.1) is 5.73 Å². The molecule has 2 nitrogen and oxygen atoms in total. The topological polar surface area (TPSA) is 25.2 Å². The van der Waals surface area contributed by atoms with Gasteiger partial charge in [0, 0.05) is 16.1 Å². The van der Waals surface area contributed by atoms with Gasteiger partial charge in [0.05, 0.1) is 11.9 Å². The summed E-state index contributed by atoms with van der Waals surface area (Å²) < 4.78 is 1.86. The molecule has 0 atom stereocenters. The fourth-order valence-corrected chi connectivity index (χ4v) is 1.91. The van der Waals surface area contributed by atoms with E-state index in [1.165, 1.54) is 0 Å². The molecular formula is C14H13NO. The predicted molar refractivity (Wildman–Crippen MR) is 67.5 cm³/mol. The first kappa shape index (κ1) is 10.3. The van der Waals surface area contributed by atoms with Crippen LogP contribution in [0.4, 0.5) is 0 Å². The molecule has 0 fully saturated rings. The van der Waals surface area contributed by atoms with Crippen molar-refractivity contribution in [1.29, 1.82) is 0 Å². The van der Waals surface area contributed by atoms with Crippen LogP contribution in [-0.2, 0) is 6.54 Å². The van der Waals surface area contributed by atoms with Gasteiger partial charge in [0.25, 0.3) is 0 Å². The average Bonchev–Trinajstić information content (AvgIpc) is 2.52. The molecule has 0 bridgehead atoms. The SMILES string of the molecule is C=C=c1c2ccccc2c(=C)n1CC(=C)O. The molecule has 80 valence electrons. The molecule has 1 N–H and O–H groups in total. The van der Waals surface area contributed by atoms with Gasteiger partial charge in [0.1, 0.15) is 5.76 Å². The smallest absolute Gasteiger partial charge is 0.105 e. The molecule has 0 aliphatic heterocycles. The maximum absolute atomic E-state index is 9.28. The fraction of sp³-hybridized carbons (Fsp3) is 0.0714. The van der Waals surface area contributed by atoms with Crippen LogP contribution in [-0.4, -0.2) is 9.67 Å². The highest BCUT2D eigenvalue weighted by molar-refractivity contribution is 5.83. The van der Waals surface area contributed by atoms with Gasteiger partial charge < -0.3 is 9.67 Å². The third-order valence-corrected chi connectivity index (χ3v) is 2.60. The van der Waals surface area contributed by atoms with E-state index in [0.717, 1.165) is 21.5 Å². The first-order valence-corrected chi connectivity index (χ1v) is 4.98. The molecular weight excluding hydrogens is 198 g/mol. The highest BCUT2D eigenvalue weighted by Gasteiger charge is 2.05. The van der Waals surface area contributed by atoms with Crippen molar-refractivity contribution in [2.75, 3.05) is 0 Å². The fourth-order valence-electron chi connectivity index (χ4n) is 1.91. The van der Waals surface area contributed by atoms with Crippen LogP contribution >= 0.6 is 0 Å². The summed E-state index contributed by atoms with van der Waals surface area (Å²) in [5.74, 6) is 0.0988. The van der Waals surface area contributed by atoms with E-state index in [9.17, 15) is 5.11 Å². The maximum atomic E-state index is 9.28.